The van der Waals surface area contributed by atoms with Gasteiger partial charge in [0.25, 0.3) is 5.69 Å². The van der Waals surface area contributed by atoms with E-state index in [1.165, 1.54) is 25.3 Å². The van der Waals surface area contributed by atoms with Crippen molar-refractivity contribution in [1.29, 1.82) is 0 Å². The quantitative estimate of drug-likeness (QED) is 0.452. The van der Waals surface area contributed by atoms with Crippen LogP contribution >= 0.6 is 0 Å². The Bertz CT molecular complexity index is 856. The van der Waals surface area contributed by atoms with Gasteiger partial charge in [-0.2, -0.15) is 0 Å². The van der Waals surface area contributed by atoms with Crippen molar-refractivity contribution >= 4 is 17.6 Å². The molecule has 0 saturated heterocycles. The van der Waals surface area contributed by atoms with E-state index in [2.05, 4.69) is 5.32 Å². The second kappa shape index (κ2) is 7.90. The summed E-state index contributed by atoms with van der Waals surface area (Å²) in [4.78, 5) is 36.1. The summed E-state index contributed by atoms with van der Waals surface area (Å²) >= 11 is 0. The Kier molecular flexibility index (Phi) is 5.84. The number of allylic oxidation sites excluding steroid dienone is 1. The van der Waals surface area contributed by atoms with E-state index in [9.17, 15) is 19.7 Å². The number of hydrogen-bond acceptors (Lipinski definition) is 8. The van der Waals surface area contributed by atoms with Gasteiger partial charge < -0.3 is 20.5 Å². The predicted octanol–water partition coefficient (Wildman–Crippen LogP) is 1.85. The maximum atomic E-state index is 12.7. The molecular formula is C18H21N3O6. The summed E-state index contributed by atoms with van der Waals surface area (Å²) in [5.41, 5.74) is 6.22. The van der Waals surface area contributed by atoms with Crippen molar-refractivity contribution in [3.8, 4) is 0 Å². The van der Waals surface area contributed by atoms with E-state index >= 15 is 0 Å². The van der Waals surface area contributed by atoms with Crippen molar-refractivity contribution in [2.24, 2.45) is 5.73 Å². The molecule has 0 fully saturated rings. The average Bonchev–Trinajstić information content (AvgIpc) is 2.59. The van der Waals surface area contributed by atoms with E-state index in [1.807, 2.05) is 0 Å². The van der Waals surface area contributed by atoms with Gasteiger partial charge in [-0.3, -0.25) is 10.1 Å². The number of dihydropyridines is 1. The van der Waals surface area contributed by atoms with Crippen LogP contribution in [0.3, 0.4) is 0 Å². The lowest BCUT2D eigenvalue weighted by Gasteiger charge is -2.29. The zero-order valence-electron chi connectivity index (χ0n) is 15.4. The third-order valence-corrected chi connectivity index (χ3v) is 4.01. The van der Waals surface area contributed by atoms with Gasteiger partial charge in [-0.05, 0) is 20.8 Å². The molecule has 0 aromatic heterocycles. The van der Waals surface area contributed by atoms with E-state index in [0.29, 0.717) is 5.70 Å². The fourth-order valence-corrected chi connectivity index (χ4v) is 2.95. The lowest BCUT2D eigenvalue weighted by molar-refractivity contribution is -0.385. The van der Waals surface area contributed by atoms with Crippen molar-refractivity contribution in [2.45, 2.75) is 32.8 Å². The number of carbonyl (C=O) groups is 2. The Hall–Kier alpha value is -3.36. The van der Waals surface area contributed by atoms with Crippen LogP contribution in [0.1, 0.15) is 32.3 Å². The molecule has 9 nitrogen and oxygen atoms in total. The van der Waals surface area contributed by atoms with Gasteiger partial charge in [0.1, 0.15) is 5.82 Å². The second-order valence-corrected chi connectivity index (χ2v) is 6.19. The molecule has 0 bridgehead atoms. The molecule has 0 aliphatic carbocycles. The number of rotatable bonds is 5. The van der Waals surface area contributed by atoms with Crippen molar-refractivity contribution in [3.05, 3.63) is 62.6 Å². The molecular weight excluding hydrogens is 354 g/mol. The number of esters is 2. The molecule has 27 heavy (non-hydrogen) atoms. The van der Waals surface area contributed by atoms with Crippen molar-refractivity contribution in [3.63, 3.8) is 0 Å². The summed E-state index contributed by atoms with van der Waals surface area (Å²) in [7, 11) is 1.19. The monoisotopic (exact) mass is 375 g/mol. The van der Waals surface area contributed by atoms with Crippen LogP contribution in [0.25, 0.3) is 0 Å². The van der Waals surface area contributed by atoms with Crippen LogP contribution in [-0.2, 0) is 19.1 Å². The summed E-state index contributed by atoms with van der Waals surface area (Å²) in [5, 5.41) is 14.3. The van der Waals surface area contributed by atoms with Gasteiger partial charge in [-0.15, -0.1) is 0 Å². The molecule has 1 aliphatic heterocycles. The highest BCUT2D eigenvalue weighted by Crippen LogP contribution is 2.41. The summed E-state index contributed by atoms with van der Waals surface area (Å²) in [6.07, 6.45) is -0.446. The van der Waals surface area contributed by atoms with Gasteiger partial charge in [-0.1, -0.05) is 18.2 Å². The van der Waals surface area contributed by atoms with Crippen LogP contribution in [0.15, 0.2) is 46.9 Å². The highest BCUT2D eigenvalue weighted by molar-refractivity contribution is 6.00. The number of para-hydroxylation sites is 1. The smallest absolute Gasteiger partial charge is 0.338 e. The Morgan fingerprint density at radius 2 is 1.85 bits per heavy atom. The molecule has 0 radical (unpaired) electrons. The summed E-state index contributed by atoms with van der Waals surface area (Å²) < 4.78 is 10.1. The second-order valence-electron chi connectivity index (χ2n) is 6.19. The molecule has 1 atom stereocenters. The molecule has 1 unspecified atom stereocenters. The molecule has 1 aliphatic rings. The lowest BCUT2D eigenvalue weighted by Crippen LogP contribution is -2.36. The largest absolute Gasteiger partial charge is 0.466 e. The number of benzene rings is 1. The third-order valence-electron chi connectivity index (χ3n) is 4.01. The first kappa shape index (κ1) is 20.0. The van der Waals surface area contributed by atoms with Crippen LogP contribution in [-0.4, -0.2) is 30.1 Å². The van der Waals surface area contributed by atoms with Gasteiger partial charge in [0.2, 0.25) is 0 Å². The zero-order chi connectivity index (χ0) is 20.3. The zero-order valence-corrected chi connectivity index (χ0v) is 15.4. The fraction of sp³-hybridized carbons (Fsp3) is 0.333. The maximum Gasteiger partial charge on any atom is 0.338 e. The topological polar surface area (TPSA) is 134 Å². The Morgan fingerprint density at radius 1 is 1.22 bits per heavy atom. The van der Waals surface area contributed by atoms with Crippen LogP contribution in [0, 0.1) is 10.1 Å². The summed E-state index contributed by atoms with van der Waals surface area (Å²) in [5.74, 6) is -2.64. The van der Waals surface area contributed by atoms with E-state index < -0.39 is 28.9 Å². The standard InChI is InChI=1S/C18H21N3O6/c1-9(2)27-18(23)15-14(11-7-5-6-8-12(11)21(24)25)13(17(22)26-4)10(3)20-16(15)19/h5-9,14,20H,19H2,1-4H3. The van der Waals surface area contributed by atoms with E-state index in [1.54, 1.807) is 26.8 Å². The highest BCUT2D eigenvalue weighted by Gasteiger charge is 2.41. The summed E-state index contributed by atoms with van der Waals surface area (Å²) in [6, 6.07) is 5.84. The number of carbonyl (C=O) groups excluding carboxylic acids is 2. The number of nitro groups is 1. The Labute approximate surface area is 156 Å². The fourth-order valence-electron chi connectivity index (χ4n) is 2.95. The van der Waals surface area contributed by atoms with Gasteiger partial charge in [0.15, 0.2) is 0 Å². The van der Waals surface area contributed by atoms with Crippen molar-refractivity contribution in [1.82, 2.24) is 5.32 Å². The maximum absolute atomic E-state index is 12.7. The first-order valence-electron chi connectivity index (χ1n) is 8.19. The Balaban J connectivity index is 2.76. The predicted molar refractivity (Wildman–Crippen MR) is 96.1 cm³/mol. The SMILES string of the molecule is COC(=O)C1=C(C)NC(N)=C(C(=O)OC(C)C)C1c1ccccc1[N+](=O)[O-]. The molecule has 144 valence electrons. The minimum atomic E-state index is -1.11. The molecule has 0 saturated carbocycles. The van der Waals surface area contributed by atoms with E-state index in [0.717, 1.165) is 0 Å². The van der Waals surface area contributed by atoms with Gasteiger partial charge in [-0.25, -0.2) is 9.59 Å². The van der Waals surface area contributed by atoms with E-state index in [4.69, 9.17) is 15.2 Å². The molecule has 2 rings (SSSR count). The molecule has 0 amide bonds. The number of nitrogens with zero attached hydrogens (tertiary/aromatic N) is 1. The average molecular weight is 375 g/mol. The first-order valence-corrected chi connectivity index (χ1v) is 8.19. The highest BCUT2D eigenvalue weighted by atomic mass is 16.6. The Morgan fingerprint density at radius 3 is 2.41 bits per heavy atom. The molecule has 1 aromatic rings. The number of hydrogen-bond donors (Lipinski definition) is 2. The minimum Gasteiger partial charge on any atom is -0.466 e. The van der Waals surface area contributed by atoms with Gasteiger partial charge in [0, 0.05) is 17.3 Å². The number of nitrogens with one attached hydrogen (secondary N) is 1. The molecule has 1 heterocycles. The van der Waals surface area contributed by atoms with Gasteiger partial charge >= 0.3 is 11.9 Å². The molecule has 3 N–H and O–H groups in total. The van der Waals surface area contributed by atoms with Crippen molar-refractivity contribution in [2.75, 3.05) is 7.11 Å². The number of methoxy groups -OCH3 is 1. The van der Waals surface area contributed by atoms with Gasteiger partial charge in [0.05, 0.1) is 35.2 Å². The number of nitrogens with two attached hydrogens (primary N) is 1. The normalized spacial score (nSPS) is 16.9. The van der Waals surface area contributed by atoms with Crippen LogP contribution in [0.5, 0.6) is 0 Å². The van der Waals surface area contributed by atoms with Crippen molar-refractivity contribution < 1.29 is 24.0 Å². The van der Waals surface area contributed by atoms with Crippen LogP contribution < -0.4 is 11.1 Å². The lowest BCUT2D eigenvalue weighted by atomic mass is 9.80. The first-order chi connectivity index (χ1) is 12.7. The van der Waals surface area contributed by atoms with Crippen LogP contribution in [0.4, 0.5) is 5.69 Å². The molecule has 0 spiro atoms. The molecule has 9 heteroatoms. The molecule has 1 aromatic carbocycles. The van der Waals surface area contributed by atoms with Crippen LogP contribution in [0.2, 0.25) is 0 Å². The number of nitro benzene ring substituents is 1. The summed E-state index contributed by atoms with van der Waals surface area (Å²) in [6.45, 7) is 4.89. The van der Waals surface area contributed by atoms with E-state index in [-0.39, 0.29) is 28.2 Å². The third kappa shape index (κ3) is 3.91. The number of ether oxygens (including phenoxy) is 2. The minimum absolute atomic E-state index is 0.0334.